The summed E-state index contributed by atoms with van der Waals surface area (Å²) in [6, 6.07) is 0.292. The third-order valence-corrected chi connectivity index (χ3v) is 2.00. The van der Waals surface area contributed by atoms with Gasteiger partial charge in [-0.1, -0.05) is 13.8 Å². The normalized spacial score (nSPS) is 29.8. The first-order chi connectivity index (χ1) is 5.74. The van der Waals surface area contributed by atoms with Gasteiger partial charge in [0.05, 0.1) is 6.61 Å². The topological polar surface area (TPSA) is 12.5 Å². The number of likely N-dealkylation sites (tertiary alicyclic amines) is 1. The van der Waals surface area contributed by atoms with Crippen molar-refractivity contribution in [3.63, 3.8) is 0 Å². The summed E-state index contributed by atoms with van der Waals surface area (Å²) in [6.45, 7) is 5.21. The quantitative estimate of drug-likeness (QED) is 0.636. The van der Waals surface area contributed by atoms with E-state index in [1.165, 1.54) is 0 Å². The average molecular weight is 177 g/mol. The Kier molecular flexibility index (Phi) is 6.30. The highest BCUT2D eigenvalue weighted by atomic mass is 19.1. The molecule has 0 aromatic rings. The summed E-state index contributed by atoms with van der Waals surface area (Å²) in [5, 5.41) is 0. The van der Waals surface area contributed by atoms with E-state index in [0.29, 0.717) is 25.6 Å². The van der Waals surface area contributed by atoms with Crippen molar-refractivity contribution in [1.29, 1.82) is 0 Å². The number of hydrogen-bond acceptors (Lipinski definition) is 2. The summed E-state index contributed by atoms with van der Waals surface area (Å²) in [4.78, 5) is 2.01. The lowest BCUT2D eigenvalue weighted by Gasteiger charge is -2.16. The summed E-state index contributed by atoms with van der Waals surface area (Å²) >= 11 is 0. The Morgan fingerprint density at radius 3 is 2.42 bits per heavy atom. The molecule has 1 aliphatic heterocycles. The third kappa shape index (κ3) is 3.50. The third-order valence-electron chi connectivity index (χ3n) is 2.00. The largest absolute Gasteiger partial charge is 0.383 e. The summed E-state index contributed by atoms with van der Waals surface area (Å²) in [7, 11) is 3.59. The van der Waals surface area contributed by atoms with Gasteiger partial charge in [0, 0.05) is 19.7 Å². The highest BCUT2D eigenvalue weighted by molar-refractivity contribution is 4.82. The molecule has 3 heteroatoms. The molecule has 1 saturated heterocycles. The monoisotopic (exact) mass is 177 g/mol. The van der Waals surface area contributed by atoms with Crippen LogP contribution in [-0.2, 0) is 4.74 Å². The van der Waals surface area contributed by atoms with E-state index in [4.69, 9.17) is 4.74 Å². The summed E-state index contributed by atoms with van der Waals surface area (Å²) in [5.41, 5.74) is 0. The van der Waals surface area contributed by atoms with E-state index in [1.54, 1.807) is 7.11 Å². The van der Waals surface area contributed by atoms with E-state index in [9.17, 15) is 4.39 Å². The van der Waals surface area contributed by atoms with Gasteiger partial charge in [-0.15, -0.1) is 0 Å². The molecule has 1 rings (SSSR count). The Bertz CT molecular complexity index is 111. The Balaban J connectivity index is 0.000000561. The lowest BCUT2D eigenvalue weighted by Crippen LogP contribution is -2.28. The van der Waals surface area contributed by atoms with Crippen molar-refractivity contribution in [2.75, 3.05) is 27.3 Å². The van der Waals surface area contributed by atoms with Crippen molar-refractivity contribution in [3.8, 4) is 0 Å². The minimum atomic E-state index is -0.648. The van der Waals surface area contributed by atoms with Crippen molar-refractivity contribution in [1.82, 2.24) is 4.90 Å². The van der Waals surface area contributed by atoms with Crippen LogP contribution < -0.4 is 0 Å². The second-order valence-corrected chi connectivity index (χ2v) is 2.88. The predicted octanol–water partition coefficient (Wildman–Crippen LogP) is 1.70. The molecule has 0 bridgehead atoms. The van der Waals surface area contributed by atoms with Crippen LogP contribution in [0.2, 0.25) is 0 Å². The van der Waals surface area contributed by atoms with E-state index < -0.39 is 6.17 Å². The number of likely N-dealkylation sites (N-methyl/N-ethyl adjacent to an activating group) is 1. The lowest BCUT2D eigenvalue weighted by atomic mass is 10.2. The average Bonchev–Trinajstić information content (AvgIpc) is 2.35. The standard InChI is InChI=1S/C7H14FNO.C2H6/c1-9-4-6(8)3-7(9)5-10-2;1-2/h6-7H,3-5H2,1-2H3;1-2H3/t6-,7+;/m1./s1. The van der Waals surface area contributed by atoms with E-state index in [1.807, 2.05) is 25.8 Å². The Morgan fingerprint density at radius 1 is 1.50 bits per heavy atom. The van der Waals surface area contributed by atoms with Crippen LogP contribution in [0.1, 0.15) is 20.3 Å². The molecule has 12 heavy (non-hydrogen) atoms. The summed E-state index contributed by atoms with van der Waals surface area (Å²) in [5.74, 6) is 0. The molecule has 0 aliphatic carbocycles. The number of nitrogens with zero attached hydrogens (tertiary/aromatic N) is 1. The number of ether oxygens (including phenoxy) is 1. The van der Waals surface area contributed by atoms with Crippen molar-refractivity contribution in [2.45, 2.75) is 32.5 Å². The smallest absolute Gasteiger partial charge is 0.114 e. The van der Waals surface area contributed by atoms with Crippen molar-refractivity contribution in [2.24, 2.45) is 0 Å². The first-order valence-corrected chi connectivity index (χ1v) is 4.57. The molecule has 1 heterocycles. The minimum absolute atomic E-state index is 0.292. The van der Waals surface area contributed by atoms with Crippen molar-refractivity contribution < 1.29 is 9.13 Å². The molecule has 0 saturated carbocycles. The molecule has 0 N–H and O–H groups in total. The molecule has 1 fully saturated rings. The molecule has 0 radical (unpaired) electrons. The van der Waals surface area contributed by atoms with Crippen LogP contribution in [0.4, 0.5) is 4.39 Å². The van der Waals surface area contributed by atoms with Crippen LogP contribution in [-0.4, -0.2) is 44.4 Å². The molecule has 0 amide bonds. The maximum Gasteiger partial charge on any atom is 0.114 e. The van der Waals surface area contributed by atoms with Gasteiger partial charge in [-0.2, -0.15) is 0 Å². The van der Waals surface area contributed by atoms with Gasteiger partial charge in [0.1, 0.15) is 6.17 Å². The molecule has 2 nitrogen and oxygen atoms in total. The van der Waals surface area contributed by atoms with Crippen LogP contribution in [0.25, 0.3) is 0 Å². The number of methoxy groups -OCH3 is 1. The minimum Gasteiger partial charge on any atom is -0.383 e. The van der Waals surface area contributed by atoms with Crippen molar-refractivity contribution >= 4 is 0 Å². The van der Waals surface area contributed by atoms with Crippen LogP contribution in [0.15, 0.2) is 0 Å². The van der Waals surface area contributed by atoms with Gasteiger partial charge in [-0.05, 0) is 13.5 Å². The fraction of sp³-hybridized carbons (Fsp3) is 1.00. The summed E-state index contributed by atoms with van der Waals surface area (Å²) in [6.07, 6.45) is -0.0187. The molecular weight excluding hydrogens is 157 g/mol. The second-order valence-electron chi connectivity index (χ2n) is 2.88. The number of alkyl halides is 1. The van der Waals surface area contributed by atoms with Gasteiger partial charge in [0.25, 0.3) is 0 Å². The van der Waals surface area contributed by atoms with E-state index in [2.05, 4.69) is 0 Å². The van der Waals surface area contributed by atoms with Crippen LogP contribution in [0.3, 0.4) is 0 Å². The van der Waals surface area contributed by atoms with E-state index >= 15 is 0 Å². The number of rotatable bonds is 2. The molecule has 2 atom stereocenters. The lowest BCUT2D eigenvalue weighted by molar-refractivity contribution is 0.129. The zero-order valence-electron chi connectivity index (χ0n) is 8.51. The van der Waals surface area contributed by atoms with E-state index in [-0.39, 0.29) is 0 Å². The number of halogens is 1. The Labute approximate surface area is 74.7 Å². The van der Waals surface area contributed by atoms with Gasteiger partial charge in [0.15, 0.2) is 0 Å². The van der Waals surface area contributed by atoms with Gasteiger partial charge in [-0.3, -0.25) is 4.90 Å². The van der Waals surface area contributed by atoms with Crippen LogP contribution in [0, 0.1) is 0 Å². The van der Waals surface area contributed by atoms with Crippen LogP contribution in [0.5, 0.6) is 0 Å². The maximum atomic E-state index is 12.7. The molecule has 74 valence electrons. The molecular formula is C9H20FNO. The molecule has 0 aromatic carbocycles. The zero-order chi connectivity index (χ0) is 9.56. The Hall–Kier alpha value is -0.150. The first kappa shape index (κ1) is 11.8. The van der Waals surface area contributed by atoms with Crippen molar-refractivity contribution in [3.05, 3.63) is 0 Å². The molecule has 0 aromatic heterocycles. The fourth-order valence-electron chi connectivity index (χ4n) is 1.40. The predicted molar refractivity (Wildman–Crippen MR) is 49.2 cm³/mol. The second kappa shape index (κ2) is 6.38. The molecule has 1 aliphatic rings. The number of hydrogen-bond donors (Lipinski definition) is 0. The Morgan fingerprint density at radius 2 is 2.08 bits per heavy atom. The first-order valence-electron chi connectivity index (χ1n) is 4.57. The zero-order valence-corrected chi connectivity index (χ0v) is 8.51. The molecule has 0 spiro atoms. The fourth-order valence-corrected chi connectivity index (χ4v) is 1.40. The van der Waals surface area contributed by atoms with Gasteiger partial charge in [0.2, 0.25) is 0 Å². The highest BCUT2D eigenvalue weighted by Crippen LogP contribution is 2.17. The highest BCUT2D eigenvalue weighted by Gasteiger charge is 2.28. The van der Waals surface area contributed by atoms with Crippen LogP contribution >= 0.6 is 0 Å². The molecule has 0 unspecified atom stereocenters. The van der Waals surface area contributed by atoms with E-state index in [0.717, 1.165) is 0 Å². The maximum absolute atomic E-state index is 12.7. The van der Waals surface area contributed by atoms with Gasteiger partial charge < -0.3 is 4.74 Å². The summed E-state index contributed by atoms with van der Waals surface area (Å²) < 4.78 is 17.6. The van der Waals surface area contributed by atoms with Gasteiger partial charge in [-0.25, -0.2) is 4.39 Å². The SMILES string of the molecule is CC.COC[C@@H]1C[C@@H](F)CN1C. The van der Waals surface area contributed by atoms with Gasteiger partial charge >= 0.3 is 0 Å².